The summed E-state index contributed by atoms with van der Waals surface area (Å²) in [7, 11) is 0. The summed E-state index contributed by atoms with van der Waals surface area (Å²) in [5.41, 5.74) is 0.787. The first-order valence-corrected chi connectivity index (χ1v) is 8.17. The molecule has 2 unspecified atom stereocenters. The number of ether oxygens (including phenoxy) is 1. The van der Waals surface area contributed by atoms with Crippen molar-refractivity contribution in [3.05, 3.63) is 36.2 Å². The first-order chi connectivity index (χ1) is 10.7. The summed E-state index contributed by atoms with van der Waals surface area (Å²) >= 11 is 1.33. The fourth-order valence-corrected chi connectivity index (χ4v) is 2.96. The molecule has 6 nitrogen and oxygen atoms in total. The van der Waals surface area contributed by atoms with Gasteiger partial charge in [-0.3, -0.25) is 9.89 Å². The van der Waals surface area contributed by atoms with Crippen LogP contribution in [0.2, 0.25) is 0 Å². The third-order valence-corrected chi connectivity index (χ3v) is 4.37. The summed E-state index contributed by atoms with van der Waals surface area (Å²) in [6.45, 7) is 2.61. The molecule has 2 aromatic rings. The van der Waals surface area contributed by atoms with Crippen molar-refractivity contribution >= 4 is 23.4 Å². The van der Waals surface area contributed by atoms with Crippen molar-refractivity contribution < 1.29 is 9.53 Å². The molecule has 3 rings (SSSR count). The molecule has 1 aromatic heterocycles. The highest BCUT2D eigenvalue weighted by molar-refractivity contribution is 8.00. The number of hydrogen-bond acceptors (Lipinski definition) is 5. The second-order valence-electron chi connectivity index (χ2n) is 5.12. The van der Waals surface area contributed by atoms with E-state index in [1.54, 1.807) is 0 Å². The Labute approximate surface area is 133 Å². The number of hydrogen-bond donors (Lipinski definition) is 2. The van der Waals surface area contributed by atoms with Gasteiger partial charge in [0, 0.05) is 12.3 Å². The number of benzene rings is 1. The van der Waals surface area contributed by atoms with E-state index in [1.165, 1.54) is 11.8 Å². The lowest BCUT2D eigenvalue weighted by Crippen LogP contribution is -2.22. The zero-order valence-electron chi connectivity index (χ0n) is 12.3. The molecule has 2 atom stereocenters. The van der Waals surface area contributed by atoms with Crippen LogP contribution in [0.3, 0.4) is 0 Å². The lowest BCUT2D eigenvalue weighted by Gasteiger charge is -2.09. The lowest BCUT2D eigenvalue weighted by molar-refractivity contribution is -0.115. The molecule has 1 aliphatic heterocycles. The van der Waals surface area contributed by atoms with Gasteiger partial charge in [0.05, 0.1) is 5.25 Å². The van der Waals surface area contributed by atoms with Crippen molar-refractivity contribution in [2.45, 2.75) is 36.3 Å². The van der Waals surface area contributed by atoms with Gasteiger partial charge >= 0.3 is 0 Å². The van der Waals surface area contributed by atoms with E-state index in [4.69, 9.17) is 4.74 Å². The second kappa shape index (κ2) is 6.93. The molecule has 0 saturated carbocycles. The van der Waals surface area contributed by atoms with E-state index in [2.05, 4.69) is 20.5 Å². The molecule has 1 aliphatic rings. The molecule has 0 radical (unpaired) electrons. The van der Waals surface area contributed by atoms with E-state index in [1.807, 2.05) is 37.3 Å². The Balaban J connectivity index is 1.56. The van der Waals surface area contributed by atoms with Crippen molar-refractivity contribution in [2.24, 2.45) is 0 Å². The Bertz CT molecular complexity index is 625. The highest BCUT2D eigenvalue weighted by Crippen LogP contribution is 2.28. The maximum atomic E-state index is 12.2. The normalized spacial score (nSPS) is 19.0. The number of carbonyl (C=O) groups is 1. The maximum Gasteiger partial charge on any atom is 0.237 e. The topological polar surface area (TPSA) is 79.9 Å². The second-order valence-corrected chi connectivity index (χ2v) is 6.43. The Morgan fingerprint density at radius 2 is 2.27 bits per heavy atom. The minimum atomic E-state index is -0.284. The van der Waals surface area contributed by atoms with E-state index in [-0.39, 0.29) is 17.3 Å². The molecule has 7 heteroatoms. The van der Waals surface area contributed by atoms with Crippen LogP contribution < -0.4 is 5.32 Å². The highest BCUT2D eigenvalue weighted by atomic mass is 32.2. The number of rotatable bonds is 5. The fraction of sp³-hybridized carbons (Fsp3) is 0.400. The first kappa shape index (κ1) is 15.1. The number of carbonyl (C=O) groups excluding carboxylic acids is 1. The number of aromatic nitrogens is 3. The highest BCUT2D eigenvalue weighted by Gasteiger charge is 2.23. The Morgan fingerprint density at radius 3 is 3.00 bits per heavy atom. The molecule has 1 aromatic carbocycles. The van der Waals surface area contributed by atoms with Crippen LogP contribution in [0, 0.1) is 0 Å². The van der Waals surface area contributed by atoms with Gasteiger partial charge in [0.25, 0.3) is 0 Å². The first-order valence-electron chi connectivity index (χ1n) is 7.29. The van der Waals surface area contributed by atoms with Crippen LogP contribution in [0.15, 0.2) is 35.5 Å². The minimum absolute atomic E-state index is 0.00954. The zero-order valence-corrected chi connectivity index (χ0v) is 13.1. The molecule has 22 heavy (non-hydrogen) atoms. The molecule has 1 fully saturated rings. The van der Waals surface area contributed by atoms with E-state index in [9.17, 15) is 4.79 Å². The number of aromatic amines is 1. The van der Waals surface area contributed by atoms with Crippen LogP contribution in [-0.2, 0) is 9.53 Å². The molecular weight excluding hydrogens is 300 g/mol. The third-order valence-electron chi connectivity index (χ3n) is 3.41. The van der Waals surface area contributed by atoms with Crippen molar-refractivity contribution in [2.75, 3.05) is 11.9 Å². The van der Waals surface area contributed by atoms with E-state index >= 15 is 0 Å². The molecule has 2 N–H and O–H groups in total. The number of nitrogens with zero attached hydrogens (tertiary/aromatic N) is 2. The van der Waals surface area contributed by atoms with Gasteiger partial charge in [0.15, 0.2) is 5.82 Å². The van der Waals surface area contributed by atoms with Crippen molar-refractivity contribution in [1.82, 2.24) is 15.2 Å². The fourth-order valence-electron chi connectivity index (χ4n) is 2.23. The van der Waals surface area contributed by atoms with Gasteiger partial charge in [-0.15, -0.1) is 5.10 Å². The van der Waals surface area contributed by atoms with Crippen LogP contribution >= 0.6 is 11.8 Å². The predicted molar refractivity (Wildman–Crippen MR) is 84.7 cm³/mol. The molecule has 1 amide bonds. The van der Waals surface area contributed by atoms with Gasteiger partial charge in [-0.25, -0.2) is 4.98 Å². The molecule has 116 valence electrons. The molecule has 0 bridgehead atoms. The summed E-state index contributed by atoms with van der Waals surface area (Å²) in [6, 6.07) is 9.40. The third kappa shape index (κ3) is 3.66. The number of amides is 1. The quantitative estimate of drug-likeness (QED) is 0.829. The summed E-state index contributed by atoms with van der Waals surface area (Å²) in [6.07, 6.45) is 2.02. The smallest absolute Gasteiger partial charge is 0.237 e. The summed E-state index contributed by atoms with van der Waals surface area (Å²) in [4.78, 5) is 16.6. The van der Waals surface area contributed by atoms with Crippen molar-refractivity contribution in [3.8, 4) is 0 Å². The molecule has 0 aliphatic carbocycles. The lowest BCUT2D eigenvalue weighted by atomic mass is 10.2. The van der Waals surface area contributed by atoms with Crippen LogP contribution in [0.5, 0.6) is 0 Å². The SMILES string of the molecule is CC(Sc1n[nH]c(C2CCCO2)n1)C(=O)Nc1ccccc1. The van der Waals surface area contributed by atoms with Crippen molar-refractivity contribution in [3.63, 3.8) is 0 Å². The number of para-hydroxylation sites is 1. The van der Waals surface area contributed by atoms with Gasteiger partial charge in [0.2, 0.25) is 11.1 Å². The average Bonchev–Trinajstić information content (AvgIpc) is 3.19. The summed E-state index contributed by atoms with van der Waals surface area (Å²) in [5.74, 6) is 0.676. The predicted octanol–water partition coefficient (Wildman–Crippen LogP) is 2.78. The van der Waals surface area contributed by atoms with E-state index < -0.39 is 0 Å². The van der Waals surface area contributed by atoms with E-state index in [0.717, 1.165) is 31.0 Å². The van der Waals surface area contributed by atoms with Crippen LogP contribution in [0.4, 0.5) is 5.69 Å². The van der Waals surface area contributed by atoms with Crippen LogP contribution in [-0.4, -0.2) is 32.9 Å². The van der Waals surface area contributed by atoms with Gasteiger partial charge in [-0.05, 0) is 31.9 Å². The zero-order chi connectivity index (χ0) is 15.4. The largest absolute Gasteiger partial charge is 0.370 e. The van der Waals surface area contributed by atoms with Crippen LogP contribution in [0.25, 0.3) is 0 Å². The van der Waals surface area contributed by atoms with E-state index in [0.29, 0.717) is 5.16 Å². The molecular formula is C15H18N4O2S. The number of H-pyrrole nitrogens is 1. The molecule has 2 heterocycles. The summed E-state index contributed by atoms with van der Waals surface area (Å²) in [5, 5.41) is 10.2. The molecule has 1 saturated heterocycles. The van der Waals surface area contributed by atoms with Gasteiger partial charge in [0.1, 0.15) is 6.10 Å². The summed E-state index contributed by atoms with van der Waals surface area (Å²) < 4.78 is 5.56. The standard InChI is InChI=1S/C15H18N4O2S/c1-10(14(20)16-11-6-3-2-4-7-11)22-15-17-13(18-19-15)12-8-5-9-21-12/h2-4,6-7,10,12H,5,8-9H2,1H3,(H,16,20)(H,17,18,19). The number of thioether (sulfide) groups is 1. The van der Waals surface area contributed by atoms with Gasteiger partial charge < -0.3 is 10.1 Å². The van der Waals surface area contributed by atoms with Gasteiger partial charge in [-0.1, -0.05) is 30.0 Å². The number of nitrogens with one attached hydrogen (secondary N) is 2. The van der Waals surface area contributed by atoms with Crippen molar-refractivity contribution in [1.29, 1.82) is 0 Å². The molecule has 0 spiro atoms. The minimum Gasteiger partial charge on any atom is -0.370 e. The Kier molecular flexibility index (Phi) is 4.74. The Hall–Kier alpha value is -1.86. The monoisotopic (exact) mass is 318 g/mol. The Morgan fingerprint density at radius 1 is 1.45 bits per heavy atom. The number of anilines is 1. The maximum absolute atomic E-state index is 12.2. The average molecular weight is 318 g/mol. The van der Waals surface area contributed by atoms with Crippen LogP contribution in [0.1, 0.15) is 31.7 Å². The van der Waals surface area contributed by atoms with Gasteiger partial charge in [-0.2, -0.15) is 0 Å².